The Morgan fingerprint density at radius 1 is 1.64 bits per heavy atom. The van der Waals surface area contributed by atoms with E-state index in [1.807, 2.05) is 14.0 Å². The largest absolute Gasteiger partial charge is 0.500 e. The van der Waals surface area contributed by atoms with Crippen molar-refractivity contribution < 1.29 is 9.13 Å². The van der Waals surface area contributed by atoms with Crippen molar-refractivity contribution in [3.63, 3.8) is 0 Å². The van der Waals surface area contributed by atoms with Gasteiger partial charge in [0.15, 0.2) is 0 Å². The first-order valence-electron chi connectivity index (χ1n) is 5.21. The van der Waals surface area contributed by atoms with Gasteiger partial charge >= 0.3 is 0 Å². The van der Waals surface area contributed by atoms with Crippen LogP contribution in [-0.4, -0.2) is 30.8 Å². The molecule has 1 saturated heterocycles. The Kier molecular flexibility index (Phi) is 2.02. The van der Waals surface area contributed by atoms with Crippen LogP contribution in [0, 0.1) is 5.41 Å². The lowest BCUT2D eigenvalue weighted by molar-refractivity contribution is 0.245. The highest BCUT2D eigenvalue weighted by atomic mass is 19.1. The molecule has 1 aliphatic heterocycles. The van der Waals surface area contributed by atoms with E-state index in [1.54, 1.807) is 13.2 Å². The van der Waals surface area contributed by atoms with Crippen molar-refractivity contribution in [2.24, 2.45) is 5.41 Å². The summed E-state index contributed by atoms with van der Waals surface area (Å²) in [7, 11) is 2.01. The van der Waals surface area contributed by atoms with E-state index in [4.69, 9.17) is 4.74 Å². The minimum Gasteiger partial charge on any atom is -0.500 e. The first-order chi connectivity index (χ1) is 6.51. The first kappa shape index (κ1) is 9.81. The van der Waals surface area contributed by atoms with E-state index in [0.717, 1.165) is 18.7 Å². The van der Waals surface area contributed by atoms with Crippen molar-refractivity contribution in [3.05, 3.63) is 12.0 Å². The highest BCUT2D eigenvalue weighted by Crippen LogP contribution is 2.65. The number of ether oxygens (including phenoxy) is 1. The van der Waals surface area contributed by atoms with E-state index in [0.29, 0.717) is 13.0 Å². The molecule has 0 aromatic carbocycles. The Labute approximate surface area is 84.7 Å². The summed E-state index contributed by atoms with van der Waals surface area (Å²) < 4.78 is 19.0. The molecule has 80 valence electrons. The number of alkyl halides is 1. The quantitative estimate of drug-likeness (QED) is 0.633. The number of likely N-dealkylation sites (tertiary alicyclic amines) is 1. The van der Waals surface area contributed by atoms with Gasteiger partial charge in [-0.2, -0.15) is 0 Å². The molecule has 1 spiro atoms. The maximum Gasteiger partial charge on any atom is 0.116 e. The second kappa shape index (κ2) is 2.88. The van der Waals surface area contributed by atoms with Crippen LogP contribution in [-0.2, 0) is 4.74 Å². The van der Waals surface area contributed by atoms with E-state index >= 15 is 0 Å². The van der Waals surface area contributed by atoms with Crippen LogP contribution in [0.2, 0.25) is 0 Å². The molecule has 2 atom stereocenters. The zero-order chi connectivity index (χ0) is 10.4. The summed E-state index contributed by atoms with van der Waals surface area (Å²) in [6.07, 6.45) is 3.31. The molecule has 2 fully saturated rings. The summed E-state index contributed by atoms with van der Waals surface area (Å²) in [5, 5.41) is 0. The molecule has 2 aliphatic rings. The van der Waals surface area contributed by atoms with Gasteiger partial charge < -0.3 is 9.64 Å². The Morgan fingerprint density at radius 3 is 2.71 bits per heavy atom. The lowest BCUT2D eigenvalue weighted by Crippen LogP contribution is -2.18. The Balaban J connectivity index is 2.05. The van der Waals surface area contributed by atoms with Crippen molar-refractivity contribution in [1.29, 1.82) is 0 Å². The average Bonchev–Trinajstić information content (AvgIpc) is 2.46. The number of hydrogen-bond acceptors (Lipinski definition) is 2. The highest BCUT2D eigenvalue weighted by Gasteiger charge is 2.68. The maximum atomic E-state index is 13.7. The predicted octanol–water partition coefficient (Wildman–Crippen LogP) is 2.32. The second-order valence-corrected chi connectivity index (χ2v) is 4.75. The highest BCUT2D eigenvalue weighted by molar-refractivity contribution is 5.25. The van der Waals surface area contributed by atoms with E-state index in [9.17, 15) is 4.39 Å². The molecule has 2 nitrogen and oxygen atoms in total. The van der Waals surface area contributed by atoms with Gasteiger partial charge in [0.05, 0.1) is 6.61 Å². The minimum atomic E-state index is -0.955. The SMILES string of the molecule is CCO/C=C1\C[C@@]2(CN1C)CC2(C)F. The van der Waals surface area contributed by atoms with E-state index in [2.05, 4.69) is 4.90 Å². The van der Waals surface area contributed by atoms with E-state index < -0.39 is 5.67 Å². The van der Waals surface area contributed by atoms with Crippen LogP contribution in [0.3, 0.4) is 0 Å². The minimum absolute atomic E-state index is 0.106. The molecule has 1 heterocycles. The monoisotopic (exact) mass is 199 g/mol. The fourth-order valence-electron chi connectivity index (χ4n) is 2.46. The van der Waals surface area contributed by atoms with Crippen LogP contribution in [0.25, 0.3) is 0 Å². The third-order valence-corrected chi connectivity index (χ3v) is 3.59. The van der Waals surface area contributed by atoms with Gasteiger partial charge in [0.25, 0.3) is 0 Å². The normalized spacial score (nSPS) is 43.7. The first-order valence-corrected chi connectivity index (χ1v) is 5.21. The third-order valence-electron chi connectivity index (χ3n) is 3.59. The number of allylic oxidation sites excluding steroid dienone is 1. The summed E-state index contributed by atoms with van der Waals surface area (Å²) in [4.78, 5) is 2.11. The second-order valence-electron chi connectivity index (χ2n) is 4.75. The molecule has 1 saturated carbocycles. The molecule has 14 heavy (non-hydrogen) atoms. The molecule has 0 aromatic heterocycles. The molecule has 3 heteroatoms. The van der Waals surface area contributed by atoms with Gasteiger partial charge in [-0.1, -0.05) is 0 Å². The number of rotatable bonds is 2. The fourth-order valence-corrected chi connectivity index (χ4v) is 2.46. The van der Waals surface area contributed by atoms with Crippen molar-refractivity contribution >= 4 is 0 Å². The fraction of sp³-hybridized carbons (Fsp3) is 0.818. The maximum absolute atomic E-state index is 13.7. The summed E-state index contributed by atoms with van der Waals surface area (Å²) in [5.74, 6) is 0. The topological polar surface area (TPSA) is 12.5 Å². The molecule has 1 unspecified atom stereocenters. The Bertz CT molecular complexity index is 274. The smallest absolute Gasteiger partial charge is 0.116 e. The van der Waals surface area contributed by atoms with Gasteiger partial charge in [-0.15, -0.1) is 0 Å². The van der Waals surface area contributed by atoms with Crippen molar-refractivity contribution in [2.45, 2.75) is 32.4 Å². The van der Waals surface area contributed by atoms with Crippen LogP contribution < -0.4 is 0 Å². The van der Waals surface area contributed by atoms with Gasteiger partial charge in [-0.3, -0.25) is 0 Å². The van der Waals surface area contributed by atoms with Crippen LogP contribution in [0.5, 0.6) is 0 Å². The molecular formula is C11H18FNO. The van der Waals surface area contributed by atoms with Gasteiger partial charge in [-0.05, 0) is 20.3 Å². The molecule has 0 amide bonds. The lowest BCUT2D eigenvalue weighted by atomic mass is 10.0. The molecule has 0 bridgehead atoms. The molecular weight excluding hydrogens is 181 g/mol. The van der Waals surface area contributed by atoms with Crippen LogP contribution in [0.1, 0.15) is 26.7 Å². The molecule has 2 rings (SSSR count). The summed E-state index contributed by atoms with van der Waals surface area (Å²) >= 11 is 0. The van der Waals surface area contributed by atoms with E-state index in [1.165, 1.54) is 0 Å². The Hall–Kier alpha value is -0.730. The lowest BCUT2D eigenvalue weighted by Gasteiger charge is -2.12. The molecule has 1 aliphatic carbocycles. The van der Waals surface area contributed by atoms with Crippen LogP contribution in [0.4, 0.5) is 4.39 Å². The number of halogens is 1. The third kappa shape index (κ3) is 1.30. The van der Waals surface area contributed by atoms with Gasteiger partial charge in [-0.25, -0.2) is 4.39 Å². The summed E-state index contributed by atoms with van der Waals surface area (Å²) in [5.41, 5.74) is 0.0709. The molecule has 0 N–H and O–H groups in total. The molecule has 0 aromatic rings. The van der Waals surface area contributed by atoms with Gasteiger partial charge in [0, 0.05) is 31.1 Å². The number of nitrogens with zero attached hydrogens (tertiary/aromatic N) is 1. The standard InChI is InChI=1S/C11H18FNO/c1-4-14-6-9-5-11(8-13(9)3)7-10(11,2)12/h6H,4-5,7-8H2,1-3H3/b9-6+/t10?,11-/m0/s1. The van der Waals surface area contributed by atoms with Gasteiger partial charge in [0.2, 0.25) is 0 Å². The van der Waals surface area contributed by atoms with Crippen LogP contribution >= 0.6 is 0 Å². The zero-order valence-electron chi connectivity index (χ0n) is 9.14. The zero-order valence-corrected chi connectivity index (χ0v) is 9.14. The summed E-state index contributed by atoms with van der Waals surface area (Å²) in [6, 6.07) is 0. The average molecular weight is 199 g/mol. The Morgan fingerprint density at radius 2 is 2.29 bits per heavy atom. The van der Waals surface area contributed by atoms with Crippen LogP contribution in [0.15, 0.2) is 12.0 Å². The van der Waals surface area contributed by atoms with E-state index in [-0.39, 0.29) is 5.41 Å². The molecule has 0 radical (unpaired) electrons. The van der Waals surface area contributed by atoms with Crippen molar-refractivity contribution in [3.8, 4) is 0 Å². The van der Waals surface area contributed by atoms with Crippen molar-refractivity contribution in [1.82, 2.24) is 4.90 Å². The predicted molar refractivity (Wildman–Crippen MR) is 53.5 cm³/mol. The van der Waals surface area contributed by atoms with Gasteiger partial charge in [0.1, 0.15) is 11.9 Å². The summed E-state index contributed by atoms with van der Waals surface area (Å²) in [6.45, 7) is 5.18. The van der Waals surface area contributed by atoms with Crippen molar-refractivity contribution in [2.75, 3.05) is 20.2 Å². The number of hydrogen-bond donors (Lipinski definition) is 0.